The van der Waals surface area contributed by atoms with Crippen LogP contribution in [0.3, 0.4) is 0 Å². The molecule has 1 aliphatic carbocycles. The van der Waals surface area contributed by atoms with Gasteiger partial charge < -0.3 is 4.90 Å². The van der Waals surface area contributed by atoms with E-state index in [9.17, 15) is 8.42 Å². The first-order valence-electron chi connectivity index (χ1n) is 8.96. The lowest BCUT2D eigenvalue weighted by Crippen LogP contribution is -2.25. The molecule has 0 unspecified atom stereocenters. The van der Waals surface area contributed by atoms with Crippen molar-refractivity contribution in [1.82, 2.24) is 4.90 Å². The molecule has 1 heterocycles. The highest BCUT2D eigenvalue weighted by Crippen LogP contribution is 2.26. The predicted molar refractivity (Wildman–Crippen MR) is 95.2 cm³/mol. The van der Waals surface area contributed by atoms with Crippen molar-refractivity contribution < 1.29 is 8.42 Å². The van der Waals surface area contributed by atoms with E-state index in [2.05, 4.69) is 21.8 Å². The molecule has 1 N–H and O–H groups in total. The van der Waals surface area contributed by atoms with Crippen LogP contribution in [0.5, 0.6) is 0 Å². The van der Waals surface area contributed by atoms with E-state index < -0.39 is 10.0 Å². The van der Waals surface area contributed by atoms with E-state index in [1.165, 1.54) is 44.5 Å². The molecule has 0 aromatic heterocycles. The third kappa shape index (κ3) is 4.70. The second-order valence-corrected chi connectivity index (χ2v) is 8.86. The number of rotatable bonds is 7. The lowest BCUT2D eigenvalue weighted by molar-refractivity contribution is 0.334. The highest BCUT2D eigenvalue weighted by atomic mass is 32.2. The Morgan fingerprint density at radius 2 is 1.65 bits per heavy atom. The maximum absolute atomic E-state index is 12.3. The van der Waals surface area contributed by atoms with Crippen LogP contribution in [-0.2, 0) is 16.4 Å². The summed E-state index contributed by atoms with van der Waals surface area (Å²) in [6.45, 7) is 3.68. The summed E-state index contributed by atoms with van der Waals surface area (Å²) >= 11 is 0. The molecule has 4 nitrogen and oxygen atoms in total. The molecule has 2 fully saturated rings. The normalized spacial score (nSPS) is 20.2. The van der Waals surface area contributed by atoms with Crippen LogP contribution in [0.15, 0.2) is 24.3 Å². The van der Waals surface area contributed by atoms with Gasteiger partial charge in [0.25, 0.3) is 0 Å². The molecule has 0 atom stereocenters. The van der Waals surface area contributed by atoms with Crippen molar-refractivity contribution in [3.8, 4) is 0 Å². The van der Waals surface area contributed by atoms with Crippen molar-refractivity contribution in [3.05, 3.63) is 29.8 Å². The number of likely N-dealkylation sites (tertiary alicyclic amines) is 1. The second-order valence-electron chi connectivity index (χ2n) is 6.90. The van der Waals surface area contributed by atoms with E-state index in [-0.39, 0.29) is 5.25 Å². The first-order chi connectivity index (χ1) is 11.1. The van der Waals surface area contributed by atoms with Gasteiger partial charge in [0.1, 0.15) is 0 Å². The van der Waals surface area contributed by atoms with E-state index in [1.807, 2.05) is 12.1 Å². The summed E-state index contributed by atoms with van der Waals surface area (Å²) in [4.78, 5) is 2.53. The minimum absolute atomic E-state index is 0.206. The minimum Gasteiger partial charge on any atom is -0.303 e. The van der Waals surface area contributed by atoms with Gasteiger partial charge in [-0.3, -0.25) is 4.72 Å². The standard InChI is InChI=1S/C18H28N2O2S/c21-23(22,18-7-1-2-8-18)19-17-11-9-16(10-12-17)6-5-15-20-13-3-4-14-20/h9-12,18-19H,1-8,13-15H2. The van der Waals surface area contributed by atoms with E-state index in [0.29, 0.717) is 5.69 Å². The average Bonchev–Trinajstić information content (AvgIpc) is 3.22. The van der Waals surface area contributed by atoms with Crippen molar-refractivity contribution in [2.75, 3.05) is 24.4 Å². The number of nitrogens with one attached hydrogen (secondary N) is 1. The van der Waals surface area contributed by atoms with Crippen molar-refractivity contribution >= 4 is 15.7 Å². The number of aryl methyl sites for hydroxylation is 1. The van der Waals surface area contributed by atoms with Crippen LogP contribution in [0.25, 0.3) is 0 Å². The summed E-state index contributed by atoms with van der Waals surface area (Å²) in [7, 11) is -3.21. The van der Waals surface area contributed by atoms with Gasteiger partial charge in [0.05, 0.1) is 5.25 Å². The number of anilines is 1. The van der Waals surface area contributed by atoms with Crippen molar-refractivity contribution in [2.24, 2.45) is 0 Å². The molecule has 1 aromatic carbocycles. The Bertz CT molecular complexity index is 586. The van der Waals surface area contributed by atoms with Crippen LogP contribution >= 0.6 is 0 Å². The molecule has 1 aliphatic heterocycles. The molecule has 128 valence electrons. The molecule has 0 radical (unpaired) electrons. The SMILES string of the molecule is O=S(=O)(Nc1ccc(CCCN2CCCC2)cc1)C1CCCC1. The van der Waals surface area contributed by atoms with Gasteiger partial charge >= 0.3 is 0 Å². The van der Waals surface area contributed by atoms with Gasteiger partial charge in [-0.1, -0.05) is 25.0 Å². The van der Waals surface area contributed by atoms with E-state index in [1.54, 1.807) is 0 Å². The largest absolute Gasteiger partial charge is 0.303 e. The summed E-state index contributed by atoms with van der Waals surface area (Å²) < 4.78 is 27.3. The lowest BCUT2D eigenvalue weighted by atomic mass is 10.1. The van der Waals surface area contributed by atoms with Gasteiger partial charge in [0.15, 0.2) is 0 Å². The van der Waals surface area contributed by atoms with Crippen LogP contribution in [0.4, 0.5) is 5.69 Å². The average molecular weight is 337 g/mol. The fourth-order valence-electron chi connectivity index (χ4n) is 3.70. The van der Waals surface area contributed by atoms with Gasteiger partial charge in [-0.05, 0) is 75.9 Å². The second kappa shape index (κ2) is 7.67. The Morgan fingerprint density at radius 3 is 2.30 bits per heavy atom. The Hall–Kier alpha value is -1.07. The topological polar surface area (TPSA) is 49.4 Å². The van der Waals surface area contributed by atoms with Gasteiger partial charge in [-0.25, -0.2) is 8.42 Å². The Morgan fingerprint density at radius 1 is 1.00 bits per heavy atom. The Balaban J connectivity index is 1.48. The molecule has 1 saturated heterocycles. The number of hydrogen-bond acceptors (Lipinski definition) is 3. The van der Waals surface area contributed by atoms with Crippen LogP contribution in [0, 0.1) is 0 Å². The lowest BCUT2D eigenvalue weighted by Gasteiger charge is -2.15. The maximum atomic E-state index is 12.3. The maximum Gasteiger partial charge on any atom is 0.235 e. The zero-order valence-electron chi connectivity index (χ0n) is 13.8. The Labute approximate surface area is 140 Å². The molecule has 1 saturated carbocycles. The molecule has 2 aliphatic rings. The van der Waals surface area contributed by atoms with Crippen molar-refractivity contribution in [2.45, 2.75) is 56.6 Å². The minimum atomic E-state index is -3.21. The highest BCUT2D eigenvalue weighted by molar-refractivity contribution is 7.93. The molecular formula is C18H28N2O2S. The Kier molecular flexibility index (Phi) is 5.59. The molecule has 0 spiro atoms. The molecule has 0 bridgehead atoms. The molecule has 0 amide bonds. The van der Waals surface area contributed by atoms with Crippen molar-refractivity contribution in [1.29, 1.82) is 0 Å². The number of hydrogen-bond donors (Lipinski definition) is 1. The fourth-order valence-corrected chi connectivity index (χ4v) is 5.28. The van der Waals surface area contributed by atoms with Gasteiger partial charge in [-0.2, -0.15) is 0 Å². The highest BCUT2D eigenvalue weighted by Gasteiger charge is 2.28. The first-order valence-corrected chi connectivity index (χ1v) is 10.5. The van der Waals surface area contributed by atoms with Gasteiger partial charge in [-0.15, -0.1) is 0 Å². The summed E-state index contributed by atoms with van der Waals surface area (Å²) in [5.41, 5.74) is 1.98. The monoisotopic (exact) mass is 336 g/mol. The zero-order valence-corrected chi connectivity index (χ0v) is 14.7. The van der Waals surface area contributed by atoms with Crippen molar-refractivity contribution in [3.63, 3.8) is 0 Å². The zero-order chi connectivity index (χ0) is 16.1. The third-order valence-corrected chi connectivity index (χ3v) is 6.96. The summed E-state index contributed by atoms with van der Waals surface area (Å²) in [5.74, 6) is 0. The first kappa shape index (κ1) is 16.8. The quantitative estimate of drug-likeness (QED) is 0.830. The van der Waals surface area contributed by atoms with Crippen LogP contribution in [0.2, 0.25) is 0 Å². The number of nitrogens with zero attached hydrogens (tertiary/aromatic N) is 1. The predicted octanol–water partition coefficient (Wildman–Crippen LogP) is 3.40. The number of sulfonamides is 1. The van der Waals surface area contributed by atoms with Crippen LogP contribution in [-0.4, -0.2) is 38.2 Å². The summed E-state index contributed by atoms with van der Waals surface area (Å²) in [5, 5.41) is -0.206. The third-order valence-electron chi connectivity index (χ3n) is 5.09. The van der Waals surface area contributed by atoms with E-state index in [4.69, 9.17) is 0 Å². The molecular weight excluding hydrogens is 308 g/mol. The van der Waals surface area contributed by atoms with E-state index in [0.717, 1.165) is 32.1 Å². The molecule has 23 heavy (non-hydrogen) atoms. The van der Waals surface area contributed by atoms with E-state index >= 15 is 0 Å². The fraction of sp³-hybridized carbons (Fsp3) is 0.667. The summed E-state index contributed by atoms with van der Waals surface area (Å²) in [6, 6.07) is 7.91. The van der Waals surface area contributed by atoms with Gasteiger partial charge in [0, 0.05) is 5.69 Å². The molecule has 1 aromatic rings. The number of benzene rings is 1. The molecule has 3 rings (SSSR count). The van der Waals surface area contributed by atoms with Gasteiger partial charge in [0.2, 0.25) is 10.0 Å². The smallest absolute Gasteiger partial charge is 0.235 e. The molecule has 5 heteroatoms. The summed E-state index contributed by atoms with van der Waals surface area (Å²) in [6.07, 6.45) is 8.57. The van der Waals surface area contributed by atoms with Crippen LogP contribution < -0.4 is 4.72 Å². The van der Waals surface area contributed by atoms with Crippen LogP contribution in [0.1, 0.15) is 50.5 Å².